The number of fused-ring (bicyclic) bond motifs is 1. The van der Waals surface area contributed by atoms with E-state index in [0.29, 0.717) is 0 Å². The molecule has 0 spiro atoms. The predicted octanol–water partition coefficient (Wildman–Crippen LogP) is 1.96. The largest absolute Gasteiger partial charge is 0.466 e. The molecule has 20 heavy (non-hydrogen) atoms. The first-order valence-electron chi connectivity index (χ1n) is 5.96. The second kappa shape index (κ2) is 5.58. The van der Waals surface area contributed by atoms with Crippen molar-refractivity contribution in [1.29, 1.82) is 0 Å². The third-order valence-corrected chi connectivity index (χ3v) is 3.15. The highest BCUT2D eigenvalue weighted by atomic mass is 35.5. The summed E-state index contributed by atoms with van der Waals surface area (Å²) in [6.07, 6.45) is -0.0543. The molecule has 0 aliphatic carbocycles. The van der Waals surface area contributed by atoms with Crippen LogP contribution in [-0.4, -0.2) is 30.8 Å². The molecule has 0 atom stereocenters. The van der Waals surface area contributed by atoms with E-state index in [9.17, 15) is 18.8 Å². The SMILES string of the molecule is CCOC(=O)CCN1C(=O)C(=O)c2cc(F)c(Cl)cc21. The molecule has 2 rings (SSSR count). The van der Waals surface area contributed by atoms with Crippen LogP contribution >= 0.6 is 11.6 Å². The zero-order valence-electron chi connectivity index (χ0n) is 10.6. The summed E-state index contributed by atoms with van der Waals surface area (Å²) < 4.78 is 18.1. The Morgan fingerprint density at radius 3 is 2.75 bits per heavy atom. The molecule has 1 heterocycles. The summed E-state index contributed by atoms with van der Waals surface area (Å²) in [7, 11) is 0. The van der Waals surface area contributed by atoms with Gasteiger partial charge in [0.25, 0.3) is 11.7 Å². The zero-order valence-corrected chi connectivity index (χ0v) is 11.4. The predicted molar refractivity (Wildman–Crippen MR) is 69.3 cm³/mol. The number of hydrogen-bond donors (Lipinski definition) is 0. The lowest BCUT2D eigenvalue weighted by molar-refractivity contribution is -0.142. The fourth-order valence-electron chi connectivity index (χ4n) is 1.95. The van der Waals surface area contributed by atoms with Gasteiger partial charge in [0.15, 0.2) is 0 Å². The molecule has 1 aromatic rings. The van der Waals surface area contributed by atoms with E-state index >= 15 is 0 Å². The fourth-order valence-corrected chi connectivity index (χ4v) is 2.10. The van der Waals surface area contributed by atoms with Crippen LogP contribution in [0.4, 0.5) is 10.1 Å². The average molecular weight is 300 g/mol. The Bertz CT molecular complexity index is 602. The Labute approximate surface area is 119 Å². The van der Waals surface area contributed by atoms with Gasteiger partial charge in [0.05, 0.1) is 29.3 Å². The first-order chi connectivity index (χ1) is 9.45. The highest BCUT2D eigenvalue weighted by molar-refractivity contribution is 6.52. The Kier molecular flexibility index (Phi) is 4.04. The van der Waals surface area contributed by atoms with Gasteiger partial charge in [0, 0.05) is 6.54 Å². The van der Waals surface area contributed by atoms with Gasteiger partial charge in [-0.3, -0.25) is 14.4 Å². The maximum atomic E-state index is 13.3. The van der Waals surface area contributed by atoms with Gasteiger partial charge in [-0.05, 0) is 19.1 Å². The van der Waals surface area contributed by atoms with Crippen LogP contribution in [0.2, 0.25) is 5.02 Å². The van der Waals surface area contributed by atoms with E-state index in [1.165, 1.54) is 6.07 Å². The summed E-state index contributed by atoms with van der Waals surface area (Å²) >= 11 is 5.65. The summed E-state index contributed by atoms with van der Waals surface area (Å²) in [5.74, 6) is -2.85. The number of benzene rings is 1. The molecule has 1 aliphatic heterocycles. The molecule has 5 nitrogen and oxygen atoms in total. The summed E-state index contributed by atoms with van der Waals surface area (Å²) in [5, 5.41) is -0.188. The van der Waals surface area contributed by atoms with Crippen LogP contribution < -0.4 is 4.90 Å². The molecule has 0 radical (unpaired) electrons. The lowest BCUT2D eigenvalue weighted by Gasteiger charge is -2.16. The van der Waals surface area contributed by atoms with Gasteiger partial charge >= 0.3 is 5.97 Å². The minimum atomic E-state index is -0.806. The molecule has 1 aromatic carbocycles. The molecule has 0 bridgehead atoms. The number of esters is 1. The van der Waals surface area contributed by atoms with Crippen LogP contribution in [0, 0.1) is 5.82 Å². The number of ketones is 1. The van der Waals surface area contributed by atoms with Gasteiger partial charge in [-0.15, -0.1) is 0 Å². The number of nitrogens with zero attached hydrogens (tertiary/aromatic N) is 1. The maximum absolute atomic E-state index is 13.3. The minimum absolute atomic E-state index is 0.0155. The van der Waals surface area contributed by atoms with Crippen molar-refractivity contribution < 1.29 is 23.5 Å². The van der Waals surface area contributed by atoms with E-state index in [2.05, 4.69) is 0 Å². The third kappa shape index (κ3) is 2.51. The molecular weight excluding hydrogens is 289 g/mol. The molecule has 106 valence electrons. The Hall–Kier alpha value is -1.95. The van der Waals surface area contributed by atoms with Gasteiger partial charge in [-0.1, -0.05) is 11.6 Å². The summed E-state index contributed by atoms with van der Waals surface area (Å²) in [6, 6.07) is 2.14. The third-order valence-electron chi connectivity index (χ3n) is 2.86. The van der Waals surface area contributed by atoms with Crippen molar-refractivity contribution in [3.8, 4) is 0 Å². The Morgan fingerprint density at radius 1 is 1.40 bits per heavy atom. The van der Waals surface area contributed by atoms with E-state index in [-0.39, 0.29) is 35.8 Å². The highest BCUT2D eigenvalue weighted by Crippen LogP contribution is 2.33. The molecule has 0 N–H and O–H groups in total. The van der Waals surface area contributed by atoms with Crippen LogP contribution in [-0.2, 0) is 14.3 Å². The summed E-state index contributed by atoms with van der Waals surface area (Å²) in [6.45, 7) is 1.89. The number of halogens is 2. The smallest absolute Gasteiger partial charge is 0.307 e. The monoisotopic (exact) mass is 299 g/mol. The quantitative estimate of drug-likeness (QED) is 0.630. The number of carbonyl (C=O) groups is 3. The Morgan fingerprint density at radius 2 is 2.10 bits per heavy atom. The van der Waals surface area contributed by atoms with Crippen molar-refractivity contribution in [2.45, 2.75) is 13.3 Å². The lowest BCUT2D eigenvalue weighted by atomic mass is 10.1. The molecule has 0 saturated heterocycles. The van der Waals surface area contributed by atoms with Crippen LogP contribution in [0.25, 0.3) is 0 Å². The maximum Gasteiger partial charge on any atom is 0.307 e. The van der Waals surface area contributed by atoms with Crippen molar-refractivity contribution in [3.63, 3.8) is 0 Å². The van der Waals surface area contributed by atoms with Crippen LogP contribution in [0.3, 0.4) is 0 Å². The second-order valence-corrected chi connectivity index (χ2v) is 4.53. The summed E-state index contributed by atoms with van der Waals surface area (Å²) in [5.41, 5.74) is 0.177. The van der Waals surface area contributed by atoms with E-state index < -0.39 is 23.5 Å². The van der Waals surface area contributed by atoms with Crippen LogP contribution in [0.1, 0.15) is 23.7 Å². The van der Waals surface area contributed by atoms with Gasteiger partial charge in [0.1, 0.15) is 5.82 Å². The number of rotatable bonds is 4. The zero-order chi connectivity index (χ0) is 14.9. The number of carbonyl (C=O) groups excluding carboxylic acids is 3. The van der Waals surface area contributed by atoms with Gasteiger partial charge in [-0.2, -0.15) is 0 Å². The van der Waals surface area contributed by atoms with Crippen molar-refractivity contribution in [1.82, 2.24) is 0 Å². The molecule has 1 aliphatic rings. The van der Waals surface area contributed by atoms with E-state index in [0.717, 1.165) is 11.0 Å². The minimum Gasteiger partial charge on any atom is -0.466 e. The average Bonchev–Trinajstić information content (AvgIpc) is 2.62. The van der Waals surface area contributed by atoms with Crippen molar-refractivity contribution in [3.05, 3.63) is 28.5 Å². The standard InChI is InChI=1S/C13H11ClFNO4/c1-2-20-11(17)3-4-16-10-6-8(14)9(15)5-7(10)12(18)13(16)19/h5-6H,2-4H2,1H3. The van der Waals surface area contributed by atoms with E-state index in [1.807, 2.05) is 0 Å². The first kappa shape index (κ1) is 14.5. The van der Waals surface area contributed by atoms with E-state index in [4.69, 9.17) is 16.3 Å². The van der Waals surface area contributed by atoms with Crippen molar-refractivity contribution in [2.75, 3.05) is 18.1 Å². The first-order valence-corrected chi connectivity index (χ1v) is 6.34. The van der Waals surface area contributed by atoms with Gasteiger partial charge in [-0.25, -0.2) is 4.39 Å². The molecule has 1 amide bonds. The normalized spacial score (nSPS) is 13.7. The fraction of sp³-hybridized carbons (Fsp3) is 0.308. The molecule has 0 aromatic heterocycles. The molecular formula is C13H11ClFNO4. The number of Topliss-reactive ketones (excluding diaryl/α,β-unsaturated/α-hetero) is 1. The number of anilines is 1. The number of amides is 1. The number of ether oxygens (including phenoxy) is 1. The van der Waals surface area contributed by atoms with Gasteiger partial charge < -0.3 is 9.64 Å². The van der Waals surface area contributed by atoms with Crippen LogP contribution in [0.5, 0.6) is 0 Å². The highest BCUT2D eigenvalue weighted by Gasteiger charge is 2.36. The number of hydrogen-bond acceptors (Lipinski definition) is 4. The second-order valence-electron chi connectivity index (χ2n) is 4.12. The molecule has 0 fully saturated rings. The summed E-state index contributed by atoms with van der Waals surface area (Å²) in [4.78, 5) is 35.9. The molecule has 0 saturated carbocycles. The van der Waals surface area contributed by atoms with Crippen molar-refractivity contribution in [2.24, 2.45) is 0 Å². The van der Waals surface area contributed by atoms with E-state index in [1.54, 1.807) is 6.92 Å². The molecule has 0 unspecified atom stereocenters. The van der Waals surface area contributed by atoms with Gasteiger partial charge in [0.2, 0.25) is 0 Å². The van der Waals surface area contributed by atoms with Crippen LogP contribution in [0.15, 0.2) is 12.1 Å². The topological polar surface area (TPSA) is 63.7 Å². The molecule has 7 heteroatoms. The lowest BCUT2D eigenvalue weighted by Crippen LogP contribution is -2.32. The Balaban J connectivity index is 2.24. The van der Waals surface area contributed by atoms with Crippen molar-refractivity contribution >= 4 is 34.9 Å².